The maximum atomic E-state index is 13.6. The second-order valence-corrected chi connectivity index (χ2v) is 7.41. The van der Waals surface area contributed by atoms with Crippen molar-refractivity contribution in [2.75, 3.05) is 6.54 Å². The highest BCUT2D eigenvalue weighted by atomic mass is 19.1. The summed E-state index contributed by atoms with van der Waals surface area (Å²) in [4.78, 5) is 12.4. The Morgan fingerprint density at radius 1 is 1.03 bits per heavy atom. The zero-order valence-corrected chi connectivity index (χ0v) is 17.3. The Bertz CT molecular complexity index is 972. The molecule has 0 aliphatic carbocycles. The lowest BCUT2D eigenvalue weighted by Gasteiger charge is -2.24. The molecular weight excluding hydrogens is 402 g/mol. The number of halogens is 2. The Morgan fingerprint density at radius 3 is 2.45 bits per heavy atom. The minimum absolute atomic E-state index is 0.0509. The van der Waals surface area contributed by atoms with Gasteiger partial charge in [-0.2, -0.15) is 0 Å². The van der Waals surface area contributed by atoms with Gasteiger partial charge in [-0.05, 0) is 53.8 Å². The van der Waals surface area contributed by atoms with Gasteiger partial charge in [0.05, 0.1) is 18.4 Å². The molecule has 3 rings (SSSR count). The van der Waals surface area contributed by atoms with E-state index < -0.39 is 29.7 Å². The number of carbonyl (C=O) groups excluding carboxylic acids is 1. The Hall–Kier alpha value is -3.03. The lowest BCUT2D eigenvalue weighted by atomic mass is 10.0. The first-order chi connectivity index (χ1) is 14.9. The van der Waals surface area contributed by atoms with E-state index in [0.717, 1.165) is 18.1 Å². The standard InChI is InChI=1S/C24H26F2N2O3/c1-2-16-5-3-6-17(9-16)14-27-15-22(29)21(28-24(30)23-7-4-8-31-23)12-18-10-19(25)13-20(26)11-18/h3-11,13,21-22,27,29H,2,12,14-15H2,1H3,(H,28,30)/t21-,22-/m0/s1. The molecule has 31 heavy (non-hydrogen) atoms. The van der Waals surface area contributed by atoms with Crippen LogP contribution in [0.2, 0.25) is 0 Å². The van der Waals surface area contributed by atoms with Crippen LogP contribution in [0.4, 0.5) is 8.78 Å². The fourth-order valence-electron chi connectivity index (χ4n) is 3.38. The van der Waals surface area contributed by atoms with Crippen LogP contribution in [-0.4, -0.2) is 29.7 Å². The fourth-order valence-corrected chi connectivity index (χ4v) is 3.38. The molecule has 5 nitrogen and oxygen atoms in total. The van der Waals surface area contributed by atoms with Crippen molar-refractivity contribution in [3.8, 4) is 0 Å². The highest BCUT2D eigenvalue weighted by Gasteiger charge is 2.24. The molecular formula is C24H26F2N2O3. The normalized spacial score (nSPS) is 13.0. The minimum Gasteiger partial charge on any atom is -0.459 e. The molecule has 0 saturated heterocycles. The van der Waals surface area contributed by atoms with E-state index in [1.54, 1.807) is 6.07 Å². The number of rotatable bonds is 10. The summed E-state index contributed by atoms with van der Waals surface area (Å²) in [6.45, 7) is 2.80. The third kappa shape index (κ3) is 6.73. The summed E-state index contributed by atoms with van der Waals surface area (Å²) in [5.41, 5.74) is 2.63. The van der Waals surface area contributed by atoms with Crippen molar-refractivity contribution in [3.63, 3.8) is 0 Å². The van der Waals surface area contributed by atoms with Gasteiger partial charge in [0.15, 0.2) is 5.76 Å². The smallest absolute Gasteiger partial charge is 0.287 e. The number of aliphatic hydroxyl groups excluding tert-OH is 1. The Balaban J connectivity index is 1.67. The summed E-state index contributed by atoms with van der Waals surface area (Å²) < 4.78 is 32.3. The molecule has 1 amide bonds. The molecule has 2 aromatic carbocycles. The van der Waals surface area contributed by atoms with Crippen molar-refractivity contribution >= 4 is 5.91 Å². The van der Waals surface area contributed by atoms with Gasteiger partial charge in [0, 0.05) is 19.2 Å². The Kier molecular flexibility index (Phi) is 7.92. The highest BCUT2D eigenvalue weighted by Crippen LogP contribution is 2.13. The number of aliphatic hydroxyl groups is 1. The van der Waals surface area contributed by atoms with Crippen LogP contribution < -0.4 is 10.6 Å². The van der Waals surface area contributed by atoms with Crippen molar-refractivity contribution in [2.45, 2.75) is 38.5 Å². The van der Waals surface area contributed by atoms with Gasteiger partial charge in [0.2, 0.25) is 0 Å². The summed E-state index contributed by atoms with van der Waals surface area (Å²) >= 11 is 0. The van der Waals surface area contributed by atoms with Crippen LogP contribution >= 0.6 is 0 Å². The lowest BCUT2D eigenvalue weighted by molar-refractivity contribution is 0.0805. The van der Waals surface area contributed by atoms with Crippen molar-refractivity contribution in [1.29, 1.82) is 0 Å². The molecule has 0 radical (unpaired) electrons. The average Bonchev–Trinajstić information content (AvgIpc) is 3.28. The highest BCUT2D eigenvalue weighted by molar-refractivity contribution is 5.91. The average molecular weight is 428 g/mol. The summed E-state index contributed by atoms with van der Waals surface area (Å²) in [5.74, 6) is -1.85. The minimum atomic E-state index is -1.00. The number of hydrogen-bond donors (Lipinski definition) is 3. The van der Waals surface area contributed by atoms with Crippen LogP contribution in [0.5, 0.6) is 0 Å². The molecule has 7 heteroatoms. The Morgan fingerprint density at radius 2 is 1.77 bits per heavy atom. The van der Waals surface area contributed by atoms with Crippen molar-refractivity contribution in [3.05, 3.63) is 94.9 Å². The molecule has 0 spiro atoms. The van der Waals surface area contributed by atoms with Gasteiger partial charge >= 0.3 is 0 Å². The first kappa shape index (κ1) is 22.7. The van der Waals surface area contributed by atoms with Crippen LogP contribution in [0.15, 0.2) is 65.3 Å². The molecule has 0 fully saturated rings. The van der Waals surface area contributed by atoms with Crippen LogP contribution in [-0.2, 0) is 19.4 Å². The first-order valence-electron chi connectivity index (χ1n) is 10.2. The van der Waals surface area contributed by atoms with Crippen LogP contribution in [0.25, 0.3) is 0 Å². The van der Waals surface area contributed by atoms with E-state index in [4.69, 9.17) is 4.42 Å². The van der Waals surface area contributed by atoms with Gasteiger partial charge < -0.3 is 20.2 Å². The van der Waals surface area contributed by atoms with E-state index in [2.05, 4.69) is 29.7 Å². The second kappa shape index (κ2) is 10.8. The van der Waals surface area contributed by atoms with Crippen LogP contribution in [0, 0.1) is 11.6 Å². The number of hydrogen-bond acceptors (Lipinski definition) is 4. The third-order valence-corrected chi connectivity index (χ3v) is 4.99. The van der Waals surface area contributed by atoms with Crippen LogP contribution in [0.3, 0.4) is 0 Å². The van der Waals surface area contributed by atoms with Gasteiger partial charge in [0.1, 0.15) is 11.6 Å². The molecule has 3 N–H and O–H groups in total. The summed E-state index contributed by atoms with van der Waals surface area (Å²) in [7, 11) is 0. The number of amides is 1. The van der Waals surface area contributed by atoms with Gasteiger partial charge in [-0.25, -0.2) is 8.78 Å². The molecule has 0 aliphatic heterocycles. The van der Waals surface area contributed by atoms with E-state index in [0.29, 0.717) is 12.1 Å². The number of nitrogens with one attached hydrogen (secondary N) is 2. The molecule has 0 saturated carbocycles. The molecule has 0 unspecified atom stereocenters. The predicted octanol–water partition coefficient (Wildman–Crippen LogP) is 3.61. The summed E-state index contributed by atoms with van der Waals surface area (Å²) in [5, 5.41) is 16.6. The molecule has 164 valence electrons. The van der Waals surface area contributed by atoms with E-state index in [9.17, 15) is 18.7 Å². The molecule has 1 heterocycles. The van der Waals surface area contributed by atoms with E-state index in [1.165, 1.54) is 30.0 Å². The number of benzene rings is 2. The number of furan rings is 1. The largest absolute Gasteiger partial charge is 0.459 e. The maximum absolute atomic E-state index is 13.6. The van der Waals surface area contributed by atoms with Gasteiger partial charge in [-0.15, -0.1) is 0 Å². The van der Waals surface area contributed by atoms with Crippen molar-refractivity contribution in [1.82, 2.24) is 10.6 Å². The quantitative estimate of drug-likeness (QED) is 0.461. The SMILES string of the molecule is CCc1cccc(CNC[C@H](O)[C@H](Cc2cc(F)cc(F)c2)NC(=O)c2ccco2)c1. The zero-order chi connectivity index (χ0) is 22.2. The first-order valence-corrected chi connectivity index (χ1v) is 10.2. The van der Waals surface area contributed by atoms with Crippen molar-refractivity contribution in [2.24, 2.45) is 0 Å². The van der Waals surface area contributed by atoms with E-state index >= 15 is 0 Å². The maximum Gasteiger partial charge on any atom is 0.287 e. The lowest BCUT2D eigenvalue weighted by Crippen LogP contribution is -2.48. The van der Waals surface area contributed by atoms with Crippen molar-refractivity contribution < 1.29 is 23.1 Å². The third-order valence-electron chi connectivity index (χ3n) is 4.99. The monoisotopic (exact) mass is 428 g/mol. The fraction of sp³-hybridized carbons (Fsp3) is 0.292. The number of carbonyl (C=O) groups is 1. The summed E-state index contributed by atoms with van der Waals surface area (Å²) in [6, 6.07) is 13.6. The van der Waals surface area contributed by atoms with E-state index in [1.807, 2.05) is 12.1 Å². The number of aryl methyl sites for hydroxylation is 1. The van der Waals surface area contributed by atoms with E-state index in [-0.39, 0.29) is 18.7 Å². The molecule has 1 aromatic heterocycles. The van der Waals surface area contributed by atoms with Gasteiger partial charge in [0.25, 0.3) is 5.91 Å². The molecule has 0 aliphatic rings. The van der Waals surface area contributed by atoms with Gasteiger partial charge in [-0.3, -0.25) is 4.79 Å². The van der Waals surface area contributed by atoms with Gasteiger partial charge in [-0.1, -0.05) is 31.2 Å². The Labute approximate surface area is 180 Å². The molecule has 3 aromatic rings. The summed E-state index contributed by atoms with van der Waals surface area (Å²) in [6.07, 6.45) is 1.35. The molecule has 0 bridgehead atoms. The second-order valence-electron chi connectivity index (χ2n) is 7.41. The topological polar surface area (TPSA) is 74.5 Å². The van der Waals surface area contributed by atoms with Crippen LogP contribution in [0.1, 0.15) is 34.2 Å². The molecule has 2 atom stereocenters. The zero-order valence-electron chi connectivity index (χ0n) is 17.3. The predicted molar refractivity (Wildman–Crippen MR) is 114 cm³/mol.